The van der Waals surface area contributed by atoms with Crippen molar-refractivity contribution in [1.29, 1.82) is 0 Å². The Morgan fingerprint density at radius 1 is 1.19 bits per heavy atom. The normalized spacial score (nSPS) is 11.1. The van der Waals surface area contributed by atoms with E-state index in [-0.39, 0.29) is 5.78 Å². The number of carbonyl (C=O) groups is 1. The average Bonchev–Trinajstić information content (AvgIpc) is 3.22. The summed E-state index contributed by atoms with van der Waals surface area (Å²) < 4.78 is 9.11. The lowest BCUT2D eigenvalue weighted by Crippen LogP contribution is -2.08. The molecule has 7 heteroatoms. The summed E-state index contributed by atoms with van der Waals surface area (Å²) in [5, 5.41) is 8.76. The Hall–Kier alpha value is -2.38. The molecule has 27 heavy (non-hydrogen) atoms. The summed E-state index contributed by atoms with van der Waals surface area (Å²) in [6.45, 7) is 7.33. The van der Waals surface area contributed by atoms with Crippen molar-refractivity contribution in [3.63, 3.8) is 0 Å². The quantitative estimate of drug-likeness (QED) is 0.438. The lowest BCUT2D eigenvalue weighted by Gasteiger charge is -2.10. The molecule has 0 bridgehead atoms. The molecule has 0 amide bonds. The third kappa shape index (κ3) is 4.31. The molecular formula is C20H24N4O2S. The number of thioether (sulfide) groups is 1. The zero-order chi connectivity index (χ0) is 19.4. The van der Waals surface area contributed by atoms with Gasteiger partial charge in [-0.05, 0) is 39.0 Å². The zero-order valence-corrected chi connectivity index (χ0v) is 16.9. The monoisotopic (exact) mass is 384 g/mol. The van der Waals surface area contributed by atoms with Crippen molar-refractivity contribution in [3.8, 4) is 5.69 Å². The van der Waals surface area contributed by atoms with Crippen LogP contribution in [-0.2, 0) is 11.3 Å². The van der Waals surface area contributed by atoms with Crippen LogP contribution in [0.3, 0.4) is 0 Å². The van der Waals surface area contributed by atoms with Crippen molar-refractivity contribution in [2.24, 2.45) is 0 Å². The molecule has 3 aromatic rings. The predicted molar refractivity (Wildman–Crippen MR) is 107 cm³/mol. The number of nitrogens with zero attached hydrogens (tertiary/aromatic N) is 4. The van der Waals surface area contributed by atoms with Crippen LogP contribution in [-0.4, -0.2) is 44.6 Å². The number of aryl methyl sites for hydroxylation is 2. The highest BCUT2D eigenvalue weighted by atomic mass is 32.2. The topological polar surface area (TPSA) is 61.9 Å². The fraction of sp³-hybridized carbons (Fsp3) is 0.350. The van der Waals surface area contributed by atoms with E-state index in [1.165, 1.54) is 17.3 Å². The largest absolute Gasteiger partial charge is 0.383 e. The summed E-state index contributed by atoms with van der Waals surface area (Å²) in [4.78, 5) is 12.8. The fourth-order valence-electron chi connectivity index (χ4n) is 3.04. The van der Waals surface area contributed by atoms with E-state index in [0.717, 1.165) is 27.8 Å². The second-order valence-electron chi connectivity index (χ2n) is 6.47. The molecule has 0 N–H and O–H groups in total. The third-order valence-electron chi connectivity index (χ3n) is 4.47. The van der Waals surface area contributed by atoms with Gasteiger partial charge in [0.25, 0.3) is 0 Å². The molecule has 3 rings (SSSR count). The van der Waals surface area contributed by atoms with Crippen LogP contribution >= 0.6 is 11.8 Å². The summed E-state index contributed by atoms with van der Waals surface area (Å²) in [7, 11) is 1.66. The first kappa shape index (κ1) is 19.4. The molecule has 0 radical (unpaired) electrons. The Labute approximate surface area is 163 Å². The third-order valence-corrected chi connectivity index (χ3v) is 5.45. The molecule has 6 nitrogen and oxygen atoms in total. The Morgan fingerprint density at radius 3 is 2.63 bits per heavy atom. The Morgan fingerprint density at radius 2 is 1.93 bits per heavy atom. The smallest absolute Gasteiger partial charge is 0.191 e. The van der Waals surface area contributed by atoms with Crippen LogP contribution in [0.15, 0.2) is 41.8 Å². The van der Waals surface area contributed by atoms with Crippen LogP contribution in [0.1, 0.15) is 27.3 Å². The summed E-state index contributed by atoms with van der Waals surface area (Å²) in [6, 6.07) is 10.3. The van der Waals surface area contributed by atoms with Crippen molar-refractivity contribution in [1.82, 2.24) is 19.3 Å². The number of hydrogen-bond acceptors (Lipinski definition) is 5. The van der Waals surface area contributed by atoms with E-state index in [9.17, 15) is 4.79 Å². The molecule has 0 spiro atoms. The summed E-state index contributed by atoms with van der Waals surface area (Å²) in [5.74, 6) is 0.414. The molecule has 0 aliphatic carbocycles. The molecule has 142 valence electrons. The zero-order valence-electron chi connectivity index (χ0n) is 16.1. The Bertz CT molecular complexity index is 928. The predicted octanol–water partition coefficient (Wildman–Crippen LogP) is 3.62. The van der Waals surface area contributed by atoms with E-state index >= 15 is 0 Å². The number of Topliss-reactive ketones (excluding diaryl/α,β-unsaturated/α-hetero) is 1. The van der Waals surface area contributed by atoms with E-state index in [2.05, 4.69) is 46.0 Å². The van der Waals surface area contributed by atoms with E-state index in [1.54, 1.807) is 13.4 Å². The molecule has 2 heterocycles. The second-order valence-corrected chi connectivity index (χ2v) is 7.41. The van der Waals surface area contributed by atoms with Crippen molar-refractivity contribution in [2.45, 2.75) is 32.5 Å². The van der Waals surface area contributed by atoms with E-state index in [0.29, 0.717) is 18.9 Å². The highest BCUT2D eigenvalue weighted by Crippen LogP contribution is 2.24. The van der Waals surface area contributed by atoms with E-state index < -0.39 is 0 Å². The minimum Gasteiger partial charge on any atom is -0.383 e. The molecule has 0 atom stereocenters. The van der Waals surface area contributed by atoms with Gasteiger partial charge in [0, 0.05) is 36.3 Å². The molecule has 0 unspecified atom stereocenters. The number of hydrogen-bond donors (Lipinski definition) is 0. The number of aromatic nitrogens is 4. The van der Waals surface area contributed by atoms with Crippen LogP contribution in [0.5, 0.6) is 0 Å². The van der Waals surface area contributed by atoms with Crippen LogP contribution < -0.4 is 0 Å². The minimum atomic E-state index is 0.0905. The molecule has 0 saturated carbocycles. The average molecular weight is 385 g/mol. The van der Waals surface area contributed by atoms with Gasteiger partial charge in [-0.2, -0.15) is 0 Å². The maximum atomic E-state index is 12.8. The van der Waals surface area contributed by atoms with Gasteiger partial charge in [-0.3, -0.25) is 4.79 Å². The number of ether oxygens (including phenoxy) is 1. The summed E-state index contributed by atoms with van der Waals surface area (Å²) >= 11 is 1.40. The van der Waals surface area contributed by atoms with Crippen LogP contribution in [0.25, 0.3) is 5.69 Å². The highest BCUT2D eigenvalue weighted by Gasteiger charge is 2.18. The lowest BCUT2D eigenvalue weighted by atomic mass is 10.2. The van der Waals surface area contributed by atoms with Gasteiger partial charge in [0.15, 0.2) is 10.9 Å². The van der Waals surface area contributed by atoms with Crippen LogP contribution in [0.2, 0.25) is 0 Å². The van der Waals surface area contributed by atoms with E-state index in [4.69, 9.17) is 4.74 Å². The van der Waals surface area contributed by atoms with Crippen molar-refractivity contribution < 1.29 is 9.53 Å². The second kappa shape index (κ2) is 8.54. The van der Waals surface area contributed by atoms with Crippen LogP contribution in [0.4, 0.5) is 0 Å². The first-order valence-electron chi connectivity index (χ1n) is 8.80. The first-order valence-corrected chi connectivity index (χ1v) is 9.78. The van der Waals surface area contributed by atoms with Crippen LogP contribution in [0, 0.1) is 20.8 Å². The van der Waals surface area contributed by atoms with Gasteiger partial charge in [0.1, 0.15) is 6.33 Å². The number of carbonyl (C=O) groups excluding carboxylic acids is 1. The van der Waals surface area contributed by atoms with Gasteiger partial charge < -0.3 is 13.9 Å². The molecule has 0 aliphatic rings. The Balaban J connectivity index is 1.75. The number of benzene rings is 1. The van der Waals surface area contributed by atoms with E-state index in [1.807, 2.05) is 24.5 Å². The van der Waals surface area contributed by atoms with Gasteiger partial charge in [0.05, 0.1) is 12.4 Å². The number of methoxy groups -OCH3 is 1. The minimum absolute atomic E-state index is 0.0905. The fourth-order valence-corrected chi connectivity index (χ4v) is 3.87. The van der Waals surface area contributed by atoms with Gasteiger partial charge >= 0.3 is 0 Å². The van der Waals surface area contributed by atoms with Crippen molar-refractivity contribution in [3.05, 3.63) is 59.2 Å². The van der Waals surface area contributed by atoms with Gasteiger partial charge in [-0.1, -0.05) is 29.5 Å². The molecule has 0 saturated heterocycles. The Kier molecular flexibility index (Phi) is 6.13. The molecule has 1 aromatic carbocycles. The van der Waals surface area contributed by atoms with Gasteiger partial charge in [0.2, 0.25) is 0 Å². The molecular weight excluding hydrogens is 360 g/mol. The number of rotatable bonds is 8. The van der Waals surface area contributed by atoms with Gasteiger partial charge in [-0.15, -0.1) is 10.2 Å². The standard InChI is InChI=1S/C20H24N4O2S/c1-14-5-7-17(8-6-14)24-15(2)11-18(16(24)3)19(25)12-27-20-22-21-13-23(20)9-10-26-4/h5-8,11,13H,9-10,12H2,1-4H3. The molecule has 0 fully saturated rings. The highest BCUT2D eigenvalue weighted by molar-refractivity contribution is 7.99. The first-order chi connectivity index (χ1) is 13.0. The van der Waals surface area contributed by atoms with Crippen molar-refractivity contribution in [2.75, 3.05) is 19.5 Å². The molecule has 2 aromatic heterocycles. The molecule has 0 aliphatic heterocycles. The maximum absolute atomic E-state index is 12.8. The summed E-state index contributed by atoms with van der Waals surface area (Å²) in [5.41, 5.74) is 5.05. The lowest BCUT2D eigenvalue weighted by molar-refractivity contribution is 0.102. The van der Waals surface area contributed by atoms with Gasteiger partial charge in [-0.25, -0.2) is 0 Å². The number of ketones is 1. The maximum Gasteiger partial charge on any atom is 0.191 e. The summed E-state index contributed by atoms with van der Waals surface area (Å²) in [6.07, 6.45) is 1.66. The van der Waals surface area contributed by atoms with Crippen molar-refractivity contribution >= 4 is 17.5 Å². The SMILES string of the molecule is COCCn1cnnc1SCC(=O)c1cc(C)n(-c2ccc(C)cc2)c1C.